The number of amides is 3. The van der Waals surface area contributed by atoms with Crippen LogP contribution in [-0.4, -0.2) is 41.4 Å². The summed E-state index contributed by atoms with van der Waals surface area (Å²) in [5.41, 5.74) is 4.36. The van der Waals surface area contributed by atoms with E-state index in [1.54, 1.807) is 12.1 Å². The van der Waals surface area contributed by atoms with Gasteiger partial charge in [0.25, 0.3) is 11.8 Å². The van der Waals surface area contributed by atoms with E-state index in [2.05, 4.69) is 29.5 Å². The number of aryl methyl sites for hydroxylation is 1. The number of fused-ring (bicyclic) bond motifs is 1. The topological polar surface area (TPSA) is 94.4 Å². The van der Waals surface area contributed by atoms with Crippen LogP contribution in [0, 0.1) is 13.8 Å². The molecule has 0 aliphatic carbocycles. The van der Waals surface area contributed by atoms with Gasteiger partial charge >= 0.3 is 0 Å². The number of rotatable bonds is 5. The molecule has 0 spiro atoms. The van der Waals surface area contributed by atoms with Crippen LogP contribution in [0.25, 0.3) is 0 Å². The first-order valence-electron chi connectivity index (χ1n) is 10.3. The maximum absolute atomic E-state index is 13.1. The van der Waals surface area contributed by atoms with Crippen LogP contribution >= 0.6 is 0 Å². The molecule has 0 aromatic heterocycles. The summed E-state index contributed by atoms with van der Waals surface area (Å²) in [6.45, 7) is 7.88. The third-order valence-electron chi connectivity index (χ3n) is 5.86. The lowest BCUT2D eigenvalue weighted by Crippen LogP contribution is -2.43. The van der Waals surface area contributed by atoms with Gasteiger partial charge < -0.3 is 5.32 Å². The highest BCUT2D eigenvalue weighted by Gasteiger charge is 2.55. The standard InChI is InChI=1S/C23H25N5O3/c1-13(2)16-8-10-17(11-9-16)28-22(30)20-21(23(28)31)27(26-25-20)12-19(29)24-18-7-5-6-14(3)15(18)4/h5-11,13,20-21H,12H2,1-4H3,(H,24,29)/t20-,21+/m1/s1. The molecule has 31 heavy (non-hydrogen) atoms. The van der Waals surface area contributed by atoms with E-state index in [0.717, 1.165) is 21.6 Å². The van der Waals surface area contributed by atoms with Crippen LogP contribution in [0.15, 0.2) is 52.8 Å². The normalized spacial score (nSPS) is 20.0. The zero-order valence-corrected chi connectivity index (χ0v) is 18.0. The predicted octanol–water partition coefficient (Wildman–Crippen LogP) is 3.36. The molecular formula is C23H25N5O3. The molecule has 1 fully saturated rings. The van der Waals surface area contributed by atoms with Crippen molar-refractivity contribution in [3.8, 4) is 0 Å². The lowest BCUT2D eigenvalue weighted by molar-refractivity contribution is -0.123. The molecule has 3 amide bonds. The third kappa shape index (κ3) is 3.69. The largest absolute Gasteiger partial charge is 0.324 e. The average Bonchev–Trinajstić information content (AvgIpc) is 3.25. The van der Waals surface area contributed by atoms with Gasteiger partial charge in [-0.1, -0.05) is 43.3 Å². The van der Waals surface area contributed by atoms with E-state index in [-0.39, 0.29) is 12.5 Å². The molecule has 0 bridgehead atoms. The summed E-state index contributed by atoms with van der Waals surface area (Å²) in [4.78, 5) is 39.7. The van der Waals surface area contributed by atoms with Crippen molar-refractivity contribution >= 4 is 29.1 Å². The highest BCUT2D eigenvalue weighted by Crippen LogP contribution is 2.32. The Balaban J connectivity index is 1.49. The minimum absolute atomic E-state index is 0.169. The van der Waals surface area contributed by atoms with Gasteiger partial charge in [-0.25, -0.2) is 4.90 Å². The molecule has 2 aromatic carbocycles. The van der Waals surface area contributed by atoms with Crippen LogP contribution in [0.5, 0.6) is 0 Å². The van der Waals surface area contributed by atoms with E-state index in [4.69, 9.17) is 0 Å². The fraction of sp³-hybridized carbons (Fsp3) is 0.348. The Kier molecular flexibility index (Phi) is 5.31. The van der Waals surface area contributed by atoms with Gasteiger partial charge in [-0.15, -0.1) is 0 Å². The van der Waals surface area contributed by atoms with Gasteiger partial charge in [0.05, 0.1) is 5.69 Å². The van der Waals surface area contributed by atoms with Gasteiger partial charge in [-0.2, -0.15) is 5.11 Å². The molecule has 2 aliphatic rings. The molecule has 8 heteroatoms. The second kappa shape index (κ2) is 7.94. The van der Waals surface area contributed by atoms with Crippen LogP contribution in [0.3, 0.4) is 0 Å². The Hall–Kier alpha value is -3.55. The van der Waals surface area contributed by atoms with Crippen molar-refractivity contribution in [2.75, 3.05) is 16.8 Å². The number of nitrogens with zero attached hydrogens (tertiary/aromatic N) is 4. The number of imide groups is 1. The van der Waals surface area contributed by atoms with Crippen LogP contribution in [0.4, 0.5) is 11.4 Å². The van der Waals surface area contributed by atoms with Crippen LogP contribution in [-0.2, 0) is 14.4 Å². The molecule has 2 aromatic rings. The number of anilines is 2. The van der Waals surface area contributed by atoms with Gasteiger partial charge in [-0.3, -0.25) is 19.4 Å². The first-order chi connectivity index (χ1) is 14.8. The Morgan fingerprint density at radius 3 is 2.45 bits per heavy atom. The van der Waals surface area contributed by atoms with E-state index < -0.39 is 23.9 Å². The lowest BCUT2D eigenvalue weighted by atomic mass is 10.0. The van der Waals surface area contributed by atoms with E-state index in [0.29, 0.717) is 17.3 Å². The molecule has 4 rings (SSSR count). The molecule has 1 saturated heterocycles. The Labute approximate surface area is 180 Å². The smallest absolute Gasteiger partial charge is 0.263 e. The second-order valence-corrected chi connectivity index (χ2v) is 8.25. The quantitative estimate of drug-likeness (QED) is 0.752. The molecule has 0 radical (unpaired) electrons. The van der Waals surface area contributed by atoms with Crippen LogP contribution in [0.1, 0.15) is 36.5 Å². The van der Waals surface area contributed by atoms with E-state index in [1.807, 2.05) is 44.2 Å². The zero-order chi connectivity index (χ0) is 22.3. The number of carbonyl (C=O) groups is 3. The number of nitrogens with one attached hydrogen (secondary N) is 1. The first-order valence-corrected chi connectivity index (χ1v) is 10.3. The van der Waals surface area contributed by atoms with Crippen molar-refractivity contribution in [1.29, 1.82) is 0 Å². The summed E-state index contributed by atoms with van der Waals surface area (Å²) < 4.78 is 0. The summed E-state index contributed by atoms with van der Waals surface area (Å²) in [6.07, 6.45) is 0. The Morgan fingerprint density at radius 1 is 1.06 bits per heavy atom. The average molecular weight is 419 g/mol. The van der Waals surface area contributed by atoms with Gasteiger partial charge in [0.2, 0.25) is 5.91 Å². The highest BCUT2D eigenvalue weighted by atomic mass is 16.2. The van der Waals surface area contributed by atoms with Crippen molar-refractivity contribution < 1.29 is 14.4 Å². The van der Waals surface area contributed by atoms with Crippen molar-refractivity contribution in [2.45, 2.75) is 45.7 Å². The second-order valence-electron chi connectivity index (χ2n) is 8.25. The fourth-order valence-corrected chi connectivity index (χ4v) is 3.84. The number of hydrogen-bond acceptors (Lipinski definition) is 6. The van der Waals surface area contributed by atoms with Gasteiger partial charge in [0, 0.05) is 5.69 Å². The fourth-order valence-electron chi connectivity index (χ4n) is 3.84. The van der Waals surface area contributed by atoms with Crippen LogP contribution in [0.2, 0.25) is 0 Å². The Morgan fingerprint density at radius 2 is 1.77 bits per heavy atom. The molecule has 0 unspecified atom stereocenters. The summed E-state index contributed by atoms with van der Waals surface area (Å²) in [6, 6.07) is 11.2. The van der Waals surface area contributed by atoms with Gasteiger partial charge in [0.15, 0.2) is 12.1 Å². The summed E-state index contributed by atoms with van der Waals surface area (Å²) >= 11 is 0. The zero-order valence-electron chi connectivity index (χ0n) is 18.0. The minimum atomic E-state index is -0.925. The Bertz CT molecular complexity index is 1080. The molecule has 1 N–H and O–H groups in total. The monoisotopic (exact) mass is 419 g/mol. The van der Waals surface area contributed by atoms with Crippen molar-refractivity contribution in [2.24, 2.45) is 10.3 Å². The third-order valence-corrected chi connectivity index (χ3v) is 5.86. The van der Waals surface area contributed by atoms with Crippen molar-refractivity contribution in [1.82, 2.24) is 5.01 Å². The van der Waals surface area contributed by atoms with Gasteiger partial charge in [0.1, 0.15) is 6.54 Å². The highest BCUT2D eigenvalue weighted by molar-refractivity contribution is 6.25. The van der Waals surface area contributed by atoms with Crippen LogP contribution < -0.4 is 10.2 Å². The van der Waals surface area contributed by atoms with E-state index in [1.165, 1.54) is 5.01 Å². The maximum atomic E-state index is 13.1. The molecule has 0 saturated carbocycles. The number of carbonyl (C=O) groups excluding carboxylic acids is 3. The van der Waals surface area contributed by atoms with Gasteiger partial charge in [-0.05, 0) is 54.7 Å². The van der Waals surface area contributed by atoms with Crippen molar-refractivity contribution in [3.63, 3.8) is 0 Å². The molecule has 2 atom stereocenters. The first kappa shape index (κ1) is 20.7. The molecule has 2 heterocycles. The molecule has 160 valence electrons. The number of benzene rings is 2. The summed E-state index contributed by atoms with van der Waals surface area (Å²) in [7, 11) is 0. The SMILES string of the molecule is Cc1cccc(NC(=O)CN2N=N[C@H]3C(=O)N(c4ccc(C(C)C)cc4)C(=O)[C@H]32)c1C. The van der Waals surface area contributed by atoms with Crippen molar-refractivity contribution in [3.05, 3.63) is 59.2 Å². The predicted molar refractivity (Wildman–Crippen MR) is 117 cm³/mol. The molecular weight excluding hydrogens is 394 g/mol. The molecule has 2 aliphatic heterocycles. The van der Waals surface area contributed by atoms with E-state index >= 15 is 0 Å². The minimum Gasteiger partial charge on any atom is -0.324 e. The van der Waals surface area contributed by atoms with E-state index in [9.17, 15) is 14.4 Å². The molecule has 8 nitrogen and oxygen atoms in total. The maximum Gasteiger partial charge on any atom is 0.263 e. The summed E-state index contributed by atoms with van der Waals surface area (Å²) in [5, 5.41) is 12.1. The number of hydrogen-bond donors (Lipinski definition) is 1. The lowest BCUT2D eigenvalue weighted by Gasteiger charge is -2.20. The summed E-state index contributed by atoms with van der Waals surface area (Å²) in [5.74, 6) is -0.822.